The molecule has 50 heavy (non-hydrogen) atoms. The van der Waals surface area contributed by atoms with E-state index in [1.807, 2.05) is 48.5 Å². The average Bonchev–Trinajstić information content (AvgIpc) is 3.74. The number of hydrogen-bond acceptors (Lipinski definition) is 4. The Hall–Kier alpha value is -6.85. The molecule has 10 rings (SSSR count). The SMILES string of the molecule is c1ccc(-c2nc(-c3ccc4oc5c(-c6ccccc6)cccc5c4c3)nc(-n3c4ccccc4c4c(-c5ccccc5)cccc43)n2)cc1. The zero-order chi connectivity index (χ0) is 33.0. The molecule has 3 heterocycles. The van der Waals surface area contributed by atoms with E-state index in [-0.39, 0.29) is 0 Å². The van der Waals surface area contributed by atoms with Crippen molar-refractivity contribution in [3.8, 4) is 51.0 Å². The molecule has 5 heteroatoms. The van der Waals surface area contributed by atoms with Crippen molar-refractivity contribution in [1.82, 2.24) is 19.5 Å². The lowest BCUT2D eigenvalue weighted by atomic mass is 9.99. The quantitative estimate of drug-likeness (QED) is 0.188. The van der Waals surface area contributed by atoms with E-state index in [4.69, 9.17) is 19.4 Å². The summed E-state index contributed by atoms with van der Waals surface area (Å²) in [4.78, 5) is 15.4. The van der Waals surface area contributed by atoms with Crippen molar-refractivity contribution in [3.63, 3.8) is 0 Å². The number of furan rings is 1. The first-order valence-electron chi connectivity index (χ1n) is 16.7. The highest BCUT2D eigenvalue weighted by atomic mass is 16.3. The summed E-state index contributed by atoms with van der Waals surface area (Å²) in [6.45, 7) is 0. The summed E-state index contributed by atoms with van der Waals surface area (Å²) in [5, 5.41) is 4.38. The third-order valence-corrected chi connectivity index (χ3v) is 9.48. The largest absolute Gasteiger partial charge is 0.455 e. The van der Waals surface area contributed by atoms with Gasteiger partial charge in [0.1, 0.15) is 11.2 Å². The van der Waals surface area contributed by atoms with E-state index in [0.29, 0.717) is 17.6 Å². The van der Waals surface area contributed by atoms with Crippen LogP contribution in [0.3, 0.4) is 0 Å². The number of fused-ring (bicyclic) bond motifs is 6. The summed E-state index contributed by atoms with van der Waals surface area (Å²) < 4.78 is 8.66. The molecule has 0 unspecified atom stereocenters. The fraction of sp³-hybridized carbons (Fsp3) is 0. The predicted molar refractivity (Wildman–Crippen MR) is 203 cm³/mol. The van der Waals surface area contributed by atoms with Crippen molar-refractivity contribution >= 4 is 43.7 Å². The van der Waals surface area contributed by atoms with Crippen LogP contribution in [0.25, 0.3) is 94.7 Å². The van der Waals surface area contributed by atoms with Gasteiger partial charge in [-0.2, -0.15) is 9.97 Å². The molecular formula is C45H28N4O. The smallest absolute Gasteiger partial charge is 0.238 e. The lowest BCUT2D eigenvalue weighted by Crippen LogP contribution is -2.06. The van der Waals surface area contributed by atoms with Gasteiger partial charge in [-0.1, -0.05) is 140 Å². The average molecular weight is 641 g/mol. The van der Waals surface area contributed by atoms with Gasteiger partial charge in [-0.05, 0) is 47.0 Å². The van der Waals surface area contributed by atoms with Crippen molar-refractivity contribution in [2.45, 2.75) is 0 Å². The summed E-state index contributed by atoms with van der Waals surface area (Å²) in [5.41, 5.74) is 10.1. The van der Waals surface area contributed by atoms with E-state index in [1.165, 1.54) is 11.1 Å². The summed E-state index contributed by atoms with van der Waals surface area (Å²) in [7, 11) is 0. The zero-order valence-electron chi connectivity index (χ0n) is 26.9. The van der Waals surface area contributed by atoms with Crippen LogP contribution in [0.4, 0.5) is 0 Å². The molecule has 0 N–H and O–H groups in total. The second kappa shape index (κ2) is 11.4. The molecule has 0 fully saturated rings. The van der Waals surface area contributed by atoms with Crippen molar-refractivity contribution < 1.29 is 4.42 Å². The lowest BCUT2D eigenvalue weighted by molar-refractivity contribution is 0.670. The van der Waals surface area contributed by atoms with Gasteiger partial charge in [0.15, 0.2) is 11.6 Å². The Morgan fingerprint density at radius 1 is 0.400 bits per heavy atom. The third kappa shape index (κ3) is 4.52. The first-order valence-corrected chi connectivity index (χ1v) is 16.7. The molecule has 0 atom stereocenters. The molecule has 3 aromatic heterocycles. The van der Waals surface area contributed by atoms with Crippen LogP contribution in [0.1, 0.15) is 0 Å². The molecule has 5 nitrogen and oxygen atoms in total. The van der Waals surface area contributed by atoms with E-state index in [0.717, 1.165) is 66.0 Å². The molecule has 0 radical (unpaired) electrons. The molecular weight excluding hydrogens is 613 g/mol. The van der Waals surface area contributed by atoms with E-state index in [1.54, 1.807) is 0 Å². The summed E-state index contributed by atoms with van der Waals surface area (Å²) >= 11 is 0. The maximum atomic E-state index is 6.49. The molecule has 0 saturated carbocycles. The second-order valence-electron chi connectivity index (χ2n) is 12.4. The van der Waals surface area contributed by atoms with Crippen LogP contribution in [0.2, 0.25) is 0 Å². The number of hydrogen-bond donors (Lipinski definition) is 0. The van der Waals surface area contributed by atoms with Crippen LogP contribution < -0.4 is 0 Å². The monoisotopic (exact) mass is 640 g/mol. The van der Waals surface area contributed by atoms with Gasteiger partial charge >= 0.3 is 0 Å². The van der Waals surface area contributed by atoms with Crippen LogP contribution in [0.5, 0.6) is 0 Å². The molecule has 0 amide bonds. The number of benzene rings is 7. The first-order chi connectivity index (χ1) is 24.8. The Balaban J connectivity index is 1.22. The minimum atomic E-state index is 0.564. The van der Waals surface area contributed by atoms with Gasteiger partial charge in [0.2, 0.25) is 5.95 Å². The van der Waals surface area contributed by atoms with Gasteiger partial charge in [-0.3, -0.25) is 4.57 Å². The zero-order valence-corrected chi connectivity index (χ0v) is 26.9. The van der Waals surface area contributed by atoms with Crippen molar-refractivity contribution in [2.75, 3.05) is 0 Å². The van der Waals surface area contributed by atoms with Crippen LogP contribution in [0, 0.1) is 0 Å². The van der Waals surface area contributed by atoms with Crippen LogP contribution in [0.15, 0.2) is 174 Å². The molecule has 234 valence electrons. The highest BCUT2D eigenvalue weighted by molar-refractivity contribution is 6.15. The summed E-state index contributed by atoms with van der Waals surface area (Å²) in [5.74, 6) is 1.77. The first kappa shape index (κ1) is 28.2. The van der Waals surface area contributed by atoms with Crippen LogP contribution >= 0.6 is 0 Å². The van der Waals surface area contributed by atoms with Gasteiger partial charge in [0, 0.05) is 38.2 Å². The van der Waals surface area contributed by atoms with Crippen LogP contribution in [-0.4, -0.2) is 19.5 Å². The Morgan fingerprint density at radius 2 is 0.980 bits per heavy atom. The van der Waals surface area contributed by atoms with Crippen molar-refractivity contribution in [2.24, 2.45) is 0 Å². The molecule has 0 aliphatic carbocycles. The van der Waals surface area contributed by atoms with Gasteiger partial charge in [-0.15, -0.1) is 0 Å². The van der Waals surface area contributed by atoms with Gasteiger partial charge in [0.05, 0.1) is 11.0 Å². The Kier molecular flexibility index (Phi) is 6.42. The molecule has 0 aliphatic rings. The number of nitrogens with zero attached hydrogens (tertiary/aromatic N) is 4. The molecule has 0 aliphatic heterocycles. The van der Waals surface area contributed by atoms with Gasteiger partial charge in [-0.25, -0.2) is 4.98 Å². The number of para-hydroxylation sites is 2. The highest BCUT2D eigenvalue weighted by Gasteiger charge is 2.20. The Labute approximate surface area is 287 Å². The van der Waals surface area contributed by atoms with E-state index >= 15 is 0 Å². The molecule has 10 aromatic rings. The molecule has 0 bridgehead atoms. The van der Waals surface area contributed by atoms with Gasteiger partial charge in [0.25, 0.3) is 0 Å². The minimum absolute atomic E-state index is 0.564. The minimum Gasteiger partial charge on any atom is -0.455 e. The summed E-state index contributed by atoms with van der Waals surface area (Å²) in [6.07, 6.45) is 0. The standard InChI is InChI=1S/C45H28N4O/c1-4-14-29(15-5-1)33-21-13-25-39-41(33)36-20-10-11-24-38(36)49(39)45-47-43(31-18-8-3-9-19-31)46-44(48-45)32-26-27-40-37(28-32)35-23-12-22-34(42(35)50-40)30-16-6-2-7-17-30/h1-28H. The normalized spacial score (nSPS) is 11.6. The number of aromatic nitrogens is 4. The fourth-order valence-electron chi connectivity index (χ4n) is 7.19. The second-order valence-corrected chi connectivity index (χ2v) is 12.4. The number of rotatable bonds is 5. The van der Waals surface area contributed by atoms with Gasteiger partial charge < -0.3 is 4.42 Å². The van der Waals surface area contributed by atoms with E-state index in [2.05, 4.69) is 126 Å². The molecule has 0 saturated heterocycles. The maximum Gasteiger partial charge on any atom is 0.238 e. The third-order valence-electron chi connectivity index (χ3n) is 9.48. The fourth-order valence-corrected chi connectivity index (χ4v) is 7.19. The molecule has 0 spiro atoms. The van der Waals surface area contributed by atoms with E-state index in [9.17, 15) is 0 Å². The maximum absolute atomic E-state index is 6.49. The Bertz CT molecular complexity index is 2860. The van der Waals surface area contributed by atoms with Crippen molar-refractivity contribution in [1.29, 1.82) is 0 Å². The Morgan fingerprint density at radius 3 is 1.74 bits per heavy atom. The predicted octanol–water partition coefficient (Wildman–Crippen LogP) is 11.5. The topological polar surface area (TPSA) is 56.7 Å². The summed E-state index contributed by atoms with van der Waals surface area (Å²) in [6, 6.07) is 58.5. The lowest BCUT2D eigenvalue weighted by Gasteiger charge is -2.11. The highest BCUT2D eigenvalue weighted by Crippen LogP contribution is 2.40. The van der Waals surface area contributed by atoms with Crippen LogP contribution in [-0.2, 0) is 0 Å². The van der Waals surface area contributed by atoms with Crippen molar-refractivity contribution in [3.05, 3.63) is 170 Å². The van der Waals surface area contributed by atoms with E-state index < -0.39 is 0 Å². The molecule has 7 aromatic carbocycles.